The van der Waals surface area contributed by atoms with Crippen LogP contribution in [0.25, 0.3) is 0 Å². The van der Waals surface area contributed by atoms with Gasteiger partial charge in [0.15, 0.2) is 0 Å². The molecule has 1 saturated carbocycles. The van der Waals surface area contributed by atoms with Gasteiger partial charge in [0.25, 0.3) is 0 Å². The molecule has 0 aliphatic heterocycles. The summed E-state index contributed by atoms with van der Waals surface area (Å²) in [4.78, 5) is 11.6. The molecule has 1 aromatic carbocycles. The van der Waals surface area contributed by atoms with Crippen LogP contribution in [0.1, 0.15) is 37.2 Å². The average molecular weight is 297 g/mol. The van der Waals surface area contributed by atoms with E-state index in [9.17, 15) is 9.90 Å². The Morgan fingerprint density at radius 3 is 2.45 bits per heavy atom. The quantitative estimate of drug-likeness (QED) is 0.775. The van der Waals surface area contributed by atoms with Crippen LogP contribution < -0.4 is 11.1 Å². The van der Waals surface area contributed by atoms with Crippen molar-refractivity contribution in [2.24, 2.45) is 5.73 Å². The Balaban J connectivity index is 1.93. The van der Waals surface area contributed by atoms with Gasteiger partial charge >= 0.3 is 0 Å². The van der Waals surface area contributed by atoms with Gasteiger partial charge in [-0.05, 0) is 43.4 Å². The molecule has 1 aromatic rings. The molecule has 1 fully saturated rings. The van der Waals surface area contributed by atoms with Crippen molar-refractivity contribution in [2.75, 3.05) is 6.54 Å². The first-order valence-corrected chi connectivity index (χ1v) is 7.40. The van der Waals surface area contributed by atoms with Crippen LogP contribution in [0.4, 0.5) is 0 Å². The minimum absolute atomic E-state index is 0.170. The molecule has 5 heteroatoms. The molecular formula is C15H21ClN2O2. The Morgan fingerprint density at radius 1 is 1.30 bits per heavy atom. The van der Waals surface area contributed by atoms with E-state index in [1.807, 2.05) is 12.1 Å². The summed E-state index contributed by atoms with van der Waals surface area (Å²) in [6, 6.07) is 7.56. The summed E-state index contributed by atoms with van der Waals surface area (Å²) in [5.41, 5.74) is 6.37. The number of hydrogen-bond acceptors (Lipinski definition) is 3. The third-order valence-corrected chi connectivity index (χ3v) is 4.18. The maximum atomic E-state index is 11.6. The van der Waals surface area contributed by atoms with Crippen molar-refractivity contribution in [2.45, 2.75) is 43.7 Å². The molecule has 0 radical (unpaired) electrons. The normalized spacial score (nSPS) is 24.3. The van der Waals surface area contributed by atoms with Crippen molar-refractivity contribution in [3.63, 3.8) is 0 Å². The van der Waals surface area contributed by atoms with E-state index in [0.29, 0.717) is 17.6 Å². The largest absolute Gasteiger partial charge is 0.393 e. The standard InChI is InChI=1S/C15H21ClN2O2/c16-11-3-1-10(2-4-11)14(15(17)20)9-18-12-5-7-13(19)8-6-12/h1-4,12-14,18-19H,5-9H2,(H2,17,20). The van der Waals surface area contributed by atoms with Crippen LogP contribution in [-0.4, -0.2) is 29.7 Å². The Labute approximate surface area is 124 Å². The molecular weight excluding hydrogens is 276 g/mol. The lowest BCUT2D eigenvalue weighted by Crippen LogP contribution is -2.39. The maximum absolute atomic E-state index is 11.6. The second kappa shape index (κ2) is 7.07. The van der Waals surface area contributed by atoms with Gasteiger partial charge in [-0.1, -0.05) is 23.7 Å². The van der Waals surface area contributed by atoms with Crippen LogP contribution in [0, 0.1) is 0 Å². The van der Waals surface area contributed by atoms with Gasteiger partial charge in [0, 0.05) is 17.6 Å². The van der Waals surface area contributed by atoms with Crippen LogP contribution >= 0.6 is 11.6 Å². The molecule has 1 amide bonds. The predicted octanol–water partition coefficient (Wildman–Crippen LogP) is 1.80. The first-order chi connectivity index (χ1) is 9.56. The number of benzene rings is 1. The summed E-state index contributed by atoms with van der Waals surface area (Å²) in [5.74, 6) is -0.685. The highest BCUT2D eigenvalue weighted by molar-refractivity contribution is 6.30. The molecule has 20 heavy (non-hydrogen) atoms. The number of halogens is 1. The topological polar surface area (TPSA) is 75.4 Å². The second-order valence-electron chi connectivity index (χ2n) is 5.42. The molecule has 1 aliphatic carbocycles. The smallest absolute Gasteiger partial charge is 0.226 e. The first kappa shape index (κ1) is 15.3. The zero-order valence-electron chi connectivity index (χ0n) is 11.4. The van der Waals surface area contributed by atoms with E-state index in [4.69, 9.17) is 17.3 Å². The number of nitrogens with one attached hydrogen (secondary N) is 1. The summed E-state index contributed by atoms with van der Waals surface area (Å²) in [5, 5.41) is 13.5. The van der Waals surface area contributed by atoms with Crippen LogP contribution in [0.5, 0.6) is 0 Å². The van der Waals surface area contributed by atoms with Crippen LogP contribution in [0.15, 0.2) is 24.3 Å². The van der Waals surface area contributed by atoms with Crippen molar-refractivity contribution in [3.8, 4) is 0 Å². The van der Waals surface area contributed by atoms with Gasteiger partial charge in [0.2, 0.25) is 5.91 Å². The van der Waals surface area contributed by atoms with E-state index in [0.717, 1.165) is 31.2 Å². The van der Waals surface area contributed by atoms with Crippen LogP contribution in [0.3, 0.4) is 0 Å². The van der Waals surface area contributed by atoms with E-state index in [1.54, 1.807) is 12.1 Å². The zero-order chi connectivity index (χ0) is 14.5. The molecule has 4 N–H and O–H groups in total. The SMILES string of the molecule is NC(=O)C(CNC1CCC(O)CC1)c1ccc(Cl)cc1. The van der Waals surface area contributed by atoms with Gasteiger partial charge in [-0.2, -0.15) is 0 Å². The van der Waals surface area contributed by atoms with Crippen molar-refractivity contribution in [3.05, 3.63) is 34.9 Å². The Morgan fingerprint density at radius 2 is 1.90 bits per heavy atom. The highest BCUT2D eigenvalue weighted by Gasteiger charge is 2.22. The molecule has 1 aliphatic rings. The minimum Gasteiger partial charge on any atom is -0.393 e. The molecule has 1 atom stereocenters. The van der Waals surface area contributed by atoms with Crippen LogP contribution in [0.2, 0.25) is 5.02 Å². The number of hydrogen-bond donors (Lipinski definition) is 3. The fourth-order valence-electron chi connectivity index (χ4n) is 2.64. The summed E-state index contributed by atoms with van der Waals surface area (Å²) in [7, 11) is 0. The minimum atomic E-state index is -0.348. The number of rotatable bonds is 5. The number of primary amides is 1. The van der Waals surface area contributed by atoms with E-state index in [-0.39, 0.29) is 17.9 Å². The average Bonchev–Trinajstić information content (AvgIpc) is 2.43. The molecule has 0 heterocycles. The van der Waals surface area contributed by atoms with Gasteiger partial charge in [0.05, 0.1) is 12.0 Å². The number of nitrogens with two attached hydrogens (primary N) is 1. The van der Waals surface area contributed by atoms with Crippen molar-refractivity contribution in [1.29, 1.82) is 0 Å². The highest BCUT2D eigenvalue weighted by atomic mass is 35.5. The third kappa shape index (κ3) is 4.20. The zero-order valence-corrected chi connectivity index (χ0v) is 12.1. The lowest BCUT2D eigenvalue weighted by molar-refractivity contribution is -0.119. The number of amides is 1. The summed E-state index contributed by atoms with van der Waals surface area (Å²) in [6.45, 7) is 0.526. The van der Waals surface area contributed by atoms with Crippen molar-refractivity contribution < 1.29 is 9.90 Å². The molecule has 0 spiro atoms. The van der Waals surface area contributed by atoms with Gasteiger partial charge in [-0.3, -0.25) is 4.79 Å². The Bertz CT molecular complexity index is 442. The van der Waals surface area contributed by atoms with E-state index in [2.05, 4.69) is 5.32 Å². The fourth-order valence-corrected chi connectivity index (χ4v) is 2.77. The summed E-state index contributed by atoms with van der Waals surface area (Å²) < 4.78 is 0. The second-order valence-corrected chi connectivity index (χ2v) is 5.86. The summed E-state index contributed by atoms with van der Waals surface area (Å²) in [6.07, 6.45) is 3.34. The number of carbonyl (C=O) groups excluding carboxylic acids is 1. The molecule has 110 valence electrons. The van der Waals surface area contributed by atoms with Crippen molar-refractivity contribution in [1.82, 2.24) is 5.32 Å². The molecule has 4 nitrogen and oxygen atoms in total. The molecule has 1 unspecified atom stereocenters. The lowest BCUT2D eigenvalue weighted by Gasteiger charge is -2.27. The fraction of sp³-hybridized carbons (Fsp3) is 0.533. The third-order valence-electron chi connectivity index (χ3n) is 3.92. The number of carbonyl (C=O) groups is 1. The predicted molar refractivity (Wildman–Crippen MR) is 79.7 cm³/mol. The lowest BCUT2D eigenvalue weighted by atomic mass is 9.92. The van der Waals surface area contributed by atoms with Crippen LogP contribution in [-0.2, 0) is 4.79 Å². The van der Waals surface area contributed by atoms with Gasteiger partial charge < -0.3 is 16.2 Å². The Kier molecular flexibility index (Phi) is 5.40. The van der Waals surface area contributed by atoms with E-state index < -0.39 is 0 Å². The molecule has 0 saturated heterocycles. The van der Waals surface area contributed by atoms with Crippen molar-refractivity contribution >= 4 is 17.5 Å². The highest BCUT2D eigenvalue weighted by Crippen LogP contribution is 2.21. The maximum Gasteiger partial charge on any atom is 0.226 e. The molecule has 2 rings (SSSR count). The van der Waals surface area contributed by atoms with E-state index >= 15 is 0 Å². The monoisotopic (exact) mass is 296 g/mol. The number of aliphatic hydroxyl groups is 1. The van der Waals surface area contributed by atoms with Gasteiger partial charge in [0.1, 0.15) is 0 Å². The van der Waals surface area contributed by atoms with E-state index in [1.165, 1.54) is 0 Å². The number of aliphatic hydroxyl groups excluding tert-OH is 1. The Hall–Kier alpha value is -1.10. The van der Waals surface area contributed by atoms with Gasteiger partial charge in [-0.15, -0.1) is 0 Å². The molecule has 0 aromatic heterocycles. The van der Waals surface area contributed by atoms with Gasteiger partial charge in [-0.25, -0.2) is 0 Å². The first-order valence-electron chi connectivity index (χ1n) is 7.02. The molecule has 0 bridgehead atoms. The summed E-state index contributed by atoms with van der Waals surface area (Å²) >= 11 is 5.85.